The normalized spacial score (nSPS) is 16.2. The largest absolute Gasteiger partial charge is 0.338 e. The highest BCUT2D eigenvalue weighted by atomic mass is 16.2. The number of rotatable bonds is 5. The molecule has 0 aliphatic carbocycles. The third-order valence-corrected chi connectivity index (χ3v) is 4.35. The van der Waals surface area contributed by atoms with Crippen LogP contribution < -0.4 is 5.32 Å². The van der Waals surface area contributed by atoms with Crippen LogP contribution in [0.2, 0.25) is 0 Å². The van der Waals surface area contributed by atoms with Crippen molar-refractivity contribution in [1.82, 2.24) is 20.1 Å². The second-order valence-electron chi connectivity index (χ2n) is 6.13. The van der Waals surface area contributed by atoms with Gasteiger partial charge in [0.05, 0.1) is 5.69 Å². The summed E-state index contributed by atoms with van der Waals surface area (Å²) in [4.78, 5) is 21.6. The van der Waals surface area contributed by atoms with Crippen LogP contribution in [0.4, 0.5) is 0 Å². The van der Waals surface area contributed by atoms with Gasteiger partial charge in [0, 0.05) is 38.9 Å². The van der Waals surface area contributed by atoms with Gasteiger partial charge in [-0.25, -0.2) is 0 Å². The minimum atomic E-state index is -0.357. The van der Waals surface area contributed by atoms with E-state index in [2.05, 4.69) is 27.3 Å². The Morgan fingerprint density at radius 2 is 1.88 bits per heavy atom. The van der Waals surface area contributed by atoms with E-state index in [4.69, 9.17) is 0 Å². The number of hydrogen-bond donors (Lipinski definition) is 1. The monoisotopic (exact) mass is 324 g/mol. The smallest absolute Gasteiger partial charge is 0.246 e. The van der Waals surface area contributed by atoms with Crippen molar-refractivity contribution < 1.29 is 4.79 Å². The SMILES string of the molecule is CN(Cc1ccccc1)C(C(=O)N1CCNCC1)c1ccccn1. The molecule has 5 nitrogen and oxygen atoms in total. The van der Waals surface area contributed by atoms with E-state index in [0.29, 0.717) is 6.54 Å². The van der Waals surface area contributed by atoms with Crippen molar-refractivity contribution in [3.63, 3.8) is 0 Å². The van der Waals surface area contributed by atoms with Gasteiger partial charge < -0.3 is 10.2 Å². The number of hydrogen-bond acceptors (Lipinski definition) is 4. The average molecular weight is 324 g/mol. The van der Waals surface area contributed by atoms with Crippen LogP contribution in [-0.2, 0) is 11.3 Å². The van der Waals surface area contributed by atoms with Gasteiger partial charge in [-0.1, -0.05) is 36.4 Å². The molecule has 0 spiro atoms. The van der Waals surface area contributed by atoms with Crippen LogP contribution in [0, 0.1) is 0 Å². The van der Waals surface area contributed by atoms with Crippen LogP contribution in [0.1, 0.15) is 17.3 Å². The van der Waals surface area contributed by atoms with Gasteiger partial charge in [-0.15, -0.1) is 0 Å². The topological polar surface area (TPSA) is 48.5 Å². The quantitative estimate of drug-likeness (QED) is 0.909. The Morgan fingerprint density at radius 1 is 1.17 bits per heavy atom. The van der Waals surface area contributed by atoms with Crippen LogP contribution in [0.25, 0.3) is 0 Å². The average Bonchev–Trinajstić information content (AvgIpc) is 2.64. The Labute approximate surface area is 143 Å². The highest BCUT2D eigenvalue weighted by molar-refractivity contribution is 5.83. The molecule has 1 aromatic carbocycles. The lowest BCUT2D eigenvalue weighted by atomic mass is 10.1. The van der Waals surface area contributed by atoms with Crippen molar-refractivity contribution in [3.05, 3.63) is 66.0 Å². The number of carbonyl (C=O) groups excluding carboxylic acids is 1. The molecule has 0 radical (unpaired) electrons. The first-order valence-electron chi connectivity index (χ1n) is 8.40. The highest BCUT2D eigenvalue weighted by Crippen LogP contribution is 2.22. The molecule has 5 heteroatoms. The molecule has 0 bridgehead atoms. The molecule has 1 aromatic heterocycles. The Balaban J connectivity index is 1.82. The van der Waals surface area contributed by atoms with E-state index in [0.717, 1.165) is 31.9 Å². The van der Waals surface area contributed by atoms with Gasteiger partial charge in [-0.3, -0.25) is 14.7 Å². The van der Waals surface area contributed by atoms with E-state index < -0.39 is 0 Å². The summed E-state index contributed by atoms with van der Waals surface area (Å²) < 4.78 is 0. The minimum Gasteiger partial charge on any atom is -0.338 e. The maximum atomic E-state index is 13.1. The molecule has 1 aliphatic heterocycles. The molecule has 126 valence electrons. The summed E-state index contributed by atoms with van der Waals surface area (Å²) in [6.07, 6.45) is 1.75. The van der Waals surface area contributed by atoms with E-state index in [-0.39, 0.29) is 11.9 Å². The van der Waals surface area contributed by atoms with E-state index in [1.807, 2.05) is 48.3 Å². The standard InChI is InChI=1S/C19H24N4O/c1-22(15-16-7-3-2-4-8-16)18(17-9-5-6-10-21-17)19(24)23-13-11-20-12-14-23/h2-10,18,20H,11-15H2,1H3. The van der Waals surface area contributed by atoms with Crippen molar-refractivity contribution in [2.24, 2.45) is 0 Å². The zero-order chi connectivity index (χ0) is 16.8. The zero-order valence-corrected chi connectivity index (χ0v) is 14.1. The Bertz CT molecular complexity index is 641. The van der Waals surface area contributed by atoms with Gasteiger partial charge in [0.1, 0.15) is 6.04 Å². The molecule has 0 saturated carbocycles. The molecule has 1 aliphatic rings. The van der Waals surface area contributed by atoms with Gasteiger partial charge in [0.15, 0.2) is 0 Å². The second kappa shape index (κ2) is 8.04. The summed E-state index contributed by atoms with van der Waals surface area (Å²) in [6, 6.07) is 15.6. The Hall–Kier alpha value is -2.24. The number of likely N-dealkylation sites (N-methyl/N-ethyl adjacent to an activating group) is 1. The van der Waals surface area contributed by atoms with Gasteiger partial charge in [0.25, 0.3) is 0 Å². The summed E-state index contributed by atoms with van der Waals surface area (Å²) in [5.74, 6) is 0.133. The molecule has 3 rings (SSSR count). The lowest BCUT2D eigenvalue weighted by molar-refractivity contribution is -0.137. The lowest BCUT2D eigenvalue weighted by Crippen LogP contribution is -2.50. The number of carbonyl (C=O) groups is 1. The molecule has 1 atom stereocenters. The maximum absolute atomic E-state index is 13.1. The maximum Gasteiger partial charge on any atom is 0.246 e. The van der Waals surface area contributed by atoms with Crippen LogP contribution >= 0.6 is 0 Å². The molecular formula is C19H24N4O. The second-order valence-corrected chi connectivity index (χ2v) is 6.13. The fourth-order valence-electron chi connectivity index (χ4n) is 3.10. The molecule has 24 heavy (non-hydrogen) atoms. The van der Waals surface area contributed by atoms with Crippen molar-refractivity contribution in [1.29, 1.82) is 0 Å². The first-order valence-corrected chi connectivity index (χ1v) is 8.40. The summed E-state index contributed by atoms with van der Waals surface area (Å²) in [5, 5.41) is 3.29. The Morgan fingerprint density at radius 3 is 2.54 bits per heavy atom. The molecule has 1 fully saturated rings. The van der Waals surface area contributed by atoms with Crippen LogP contribution in [0.5, 0.6) is 0 Å². The van der Waals surface area contributed by atoms with E-state index in [1.54, 1.807) is 6.20 Å². The van der Waals surface area contributed by atoms with Gasteiger partial charge >= 0.3 is 0 Å². The van der Waals surface area contributed by atoms with Crippen LogP contribution in [0.15, 0.2) is 54.7 Å². The summed E-state index contributed by atoms with van der Waals surface area (Å²) >= 11 is 0. The molecule has 2 heterocycles. The highest BCUT2D eigenvalue weighted by Gasteiger charge is 2.31. The third-order valence-electron chi connectivity index (χ3n) is 4.35. The van der Waals surface area contributed by atoms with E-state index in [9.17, 15) is 4.79 Å². The minimum absolute atomic E-state index is 0.133. The molecule has 2 aromatic rings. The van der Waals surface area contributed by atoms with Crippen molar-refractivity contribution in [2.75, 3.05) is 33.2 Å². The predicted molar refractivity (Wildman–Crippen MR) is 94.3 cm³/mol. The van der Waals surface area contributed by atoms with Gasteiger partial charge in [-0.2, -0.15) is 0 Å². The molecule has 1 saturated heterocycles. The van der Waals surface area contributed by atoms with Crippen molar-refractivity contribution in [3.8, 4) is 0 Å². The van der Waals surface area contributed by atoms with Crippen molar-refractivity contribution >= 4 is 5.91 Å². The first-order chi connectivity index (χ1) is 11.8. The number of piperazine rings is 1. The summed E-state index contributed by atoms with van der Waals surface area (Å²) in [5.41, 5.74) is 1.99. The summed E-state index contributed by atoms with van der Waals surface area (Å²) in [6.45, 7) is 3.91. The van der Waals surface area contributed by atoms with Crippen molar-refractivity contribution in [2.45, 2.75) is 12.6 Å². The number of nitrogens with zero attached hydrogens (tertiary/aromatic N) is 3. The molecule has 1 amide bonds. The van der Waals surface area contributed by atoms with E-state index >= 15 is 0 Å². The van der Waals surface area contributed by atoms with Gasteiger partial charge in [-0.05, 0) is 24.7 Å². The summed E-state index contributed by atoms with van der Waals surface area (Å²) in [7, 11) is 1.99. The first kappa shape index (κ1) is 16.6. The number of nitrogens with one attached hydrogen (secondary N) is 1. The fraction of sp³-hybridized carbons (Fsp3) is 0.368. The van der Waals surface area contributed by atoms with Gasteiger partial charge in [0.2, 0.25) is 5.91 Å². The molecular weight excluding hydrogens is 300 g/mol. The number of amides is 1. The van der Waals surface area contributed by atoms with Crippen LogP contribution in [0.3, 0.4) is 0 Å². The fourth-order valence-corrected chi connectivity index (χ4v) is 3.10. The molecule has 1 N–H and O–H groups in total. The number of aromatic nitrogens is 1. The molecule has 1 unspecified atom stereocenters. The third kappa shape index (κ3) is 3.99. The predicted octanol–water partition coefficient (Wildman–Crippen LogP) is 1.69. The number of benzene rings is 1. The van der Waals surface area contributed by atoms with Crippen LogP contribution in [-0.4, -0.2) is 53.9 Å². The lowest BCUT2D eigenvalue weighted by Gasteiger charge is -2.34. The zero-order valence-electron chi connectivity index (χ0n) is 14.1. The Kier molecular flexibility index (Phi) is 5.56. The number of pyridine rings is 1. The van der Waals surface area contributed by atoms with E-state index in [1.165, 1.54) is 5.56 Å².